The van der Waals surface area contributed by atoms with Crippen LogP contribution in [0.3, 0.4) is 0 Å². The van der Waals surface area contributed by atoms with E-state index in [9.17, 15) is 14.4 Å². The van der Waals surface area contributed by atoms with Crippen LogP contribution in [0.15, 0.2) is 24.3 Å². The highest BCUT2D eigenvalue weighted by atomic mass is 16.6. The van der Waals surface area contributed by atoms with E-state index in [1.54, 1.807) is 0 Å². The number of carbonyl (C=O) groups excluding carboxylic acids is 3. The van der Waals surface area contributed by atoms with Crippen LogP contribution >= 0.6 is 0 Å². The maximum Gasteiger partial charge on any atom is 0.306 e. The van der Waals surface area contributed by atoms with E-state index in [-0.39, 0.29) is 31.1 Å². The van der Waals surface area contributed by atoms with Gasteiger partial charge in [-0.15, -0.1) is 0 Å². The zero-order chi connectivity index (χ0) is 47.2. The fraction of sp³-hybridized carbons (Fsp3) is 0.881. The van der Waals surface area contributed by atoms with Gasteiger partial charge in [0.25, 0.3) is 0 Å². The van der Waals surface area contributed by atoms with Crippen molar-refractivity contribution < 1.29 is 28.6 Å². The summed E-state index contributed by atoms with van der Waals surface area (Å²) < 4.78 is 16.8. The van der Waals surface area contributed by atoms with Gasteiger partial charge in [0.1, 0.15) is 13.2 Å². The summed E-state index contributed by atoms with van der Waals surface area (Å²) >= 11 is 0. The molecule has 65 heavy (non-hydrogen) atoms. The summed E-state index contributed by atoms with van der Waals surface area (Å²) in [7, 11) is 0. The first kappa shape index (κ1) is 62.9. The number of carbonyl (C=O) groups is 3. The largest absolute Gasteiger partial charge is 0.462 e. The van der Waals surface area contributed by atoms with Gasteiger partial charge in [0.15, 0.2) is 6.10 Å². The van der Waals surface area contributed by atoms with Gasteiger partial charge < -0.3 is 14.2 Å². The molecule has 1 atom stereocenters. The van der Waals surface area contributed by atoms with E-state index in [0.29, 0.717) is 19.3 Å². The Hall–Kier alpha value is -2.11. The molecule has 0 radical (unpaired) electrons. The lowest BCUT2D eigenvalue weighted by molar-refractivity contribution is -0.167. The summed E-state index contributed by atoms with van der Waals surface area (Å²) in [5.41, 5.74) is 0. The molecular formula is C59H110O6. The molecule has 0 amide bonds. The van der Waals surface area contributed by atoms with E-state index < -0.39 is 6.10 Å². The fourth-order valence-corrected chi connectivity index (χ4v) is 8.59. The molecule has 0 aliphatic carbocycles. The van der Waals surface area contributed by atoms with Crippen LogP contribution in [0.5, 0.6) is 0 Å². The molecule has 0 aromatic carbocycles. The smallest absolute Gasteiger partial charge is 0.306 e. The molecule has 0 fully saturated rings. The Morgan fingerprint density at radius 2 is 0.554 bits per heavy atom. The quantitative estimate of drug-likeness (QED) is 0.0262. The van der Waals surface area contributed by atoms with Crippen molar-refractivity contribution in [1.82, 2.24) is 0 Å². The van der Waals surface area contributed by atoms with Crippen LogP contribution in [0, 0.1) is 0 Å². The van der Waals surface area contributed by atoms with Crippen LogP contribution in [0.4, 0.5) is 0 Å². The normalized spacial score (nSPS) is 12.1. The summed E-state index contributed by atoms with van der Waals surface area (Å²) in [6.07, 6.45) is 63.5. The zero-order valence-electron chi connectivity index (χ0n) is 43.8. The van der Waals surface area contributed by atoms with Gasteiger partial charge in [0.05, 0.1) is 0 Å². The molecule has 0 bridgehead atoms. The lowest BCUT2D eigenvalue weighted by Gasteiger charge is -2.18. The first-order valence-corrected chi connectivity index (χ1v) is 28.8. The van der Waals surface area contributed by atoms with Crippen LogP contribution < -0.4 is 0 Å². The predicted molar refractivity (Wildman–Crippen MR) is 279 cm³/mol. The first-order chi connectivity index (χ1) is 32.0. The topological polar surface area (TPSA) is 78.9 Å². The maximum absolute atomic E-state index is 12.8. The molecule has 0 heterocycles. The average molecular weight is 916 g/mol. The second kappa shape index (κ2) is 54.5. The molecule has 0 aromatic rings. The number of hydrogen-bond acceptors (Lipinski definition) is 6. The molecule has 0 aromatic heterocycles. The fourth-order valence-electron chi connectivity index (χ4n) is 8.59. The Kier molecular flexibility index (Phi) is 52.7. The lowest BCUT2D eigenvalue weighted by atomic mass is 10.0. The van der Waals surface area contributed by atoms with Crippen molar-refractivity contribution in [3.8, 4) is 0 Å². The third-order valence-corrected chi connectivity index (χ3v) is 13.0. The van der Waals surface area contributed by atoms with E-state index in [4.69, 9.17) is 14.2 Å². The highest BCUT2D eigenvalue weighted by Gasteiger charge is 2.19. The molecule has 382 valence electrons. The average Bonchev–Trinajstić information content (AvgIpc) is 3.30. The highest BCUT2D eigenvalue weighted by Crippen LogP contribution is 2.17. The van der Waals surface area contributed by atoms with Crippen LogP contribution in [0.25, 0.3) is 0 Å². The van der Waals surface area contributed by atoms with E-state index in [1.807, 2.05) is 0 Å². The van der Waals surface area contributed by atoms with Crippen molar-refractivity contribution in [2.45, 2.75) is 322 Å². The molecule has 0 rings (SSSR count). The SMILES string of the molecule is CCCCC/C=C\C/C=C\CCCCCCCCCCCC(=O)OC(COC(=O)CCCCCCCC)COC(=O)CCCCCCCCCCCCCCCCCCCCCCCC. The molecule has 6 nitrogen and oxygen atoms in total. The number of rotatable bonds is 53. The van der Waals surface area contributed by atoms with Crippen molar-refractivity contribution in [3.05, 3.63) is 24.3 Å². The van der Waals surface area contributed by atoms with Crippen molar-refractivity contribution in [2.75, 3.05) is 13.2 Å². The van der Waals surface area contributed by atoms with Gasteiger partial charge in [-0.3, -0.25) is 14.4 Å². The van der Waals surface area contributed by atoms with Gasteiger partial charge in [-0.05, 0) is 51.4 Å². The number of esters is 3. The molecular weight excluding hydrogens is 805 g/mol. The van der Waals surface area contributed by atoms with Gasteiger partial charge in [-0.1, -0.05) is 270 Å². The van der Waals surface area contributed by atoms with Crippen LogP contribution in [0.2, 0.25) is 0 Å². The maximum atomic E-state index is 12.8. The Balaban J connectivity index is 4.10. The minimum Gasteiger partial charge on any atom is -0.462 e. The van der Waals surface area contributed by atoms with E-state index in [2.05, 4.69) is 45.1 Å². The standard InChI is InChI=1S/C59H110O6/c1-4-7-10-13-16-18-20-22-24-26-28-29-30-32-33-35-37-39-41-43-46-49-52-58(61)64-55-56(54-63-57(60)51-48-45-15-12-9-6-3)65-59(62)53-50-47-44-42-40-38-36-34-31-27-25-23-21-19-17-14-11-8-5-2/h17,19,23,25,56H,4-16,18,20-22,24,26-55H2,1-3H3/b19-17-,25-23-. The zero-order valence-corrected chi connectivity index (χ0v) is 43.8. The van der Waals surface area contributed by atoms with Crippen molar-refractivity contribution >= 4 is 17.9 Å². The van der Waals surface area contributed by atoms with E-state index >= 15 is 0 Å². The number of hydrogen-bond donors (Lipinski definition) is 0. The third kappa shape index (κ3) is 52.7. The van der Waals surface area contributed by atoms with Crippen LogP contribution in [-0.2, 0) is 28.6 Å². The molecule has 0 aliphatic heterocycles. The third-order valence-electron chi connectivity index (χ3n) is 13.0. The van der Waals surface area contributed by atoms with E-state index in [1.165, 1.54) is 212 Å². The second-order valence-electron chi connectivity index (χ2n) is 19.6. The Bertz CT molecular complexity index is 1050. The van der Waals surface area contributed by atoms with Crippen molar-refractivity contribution in [1.29, 1.82) is 0 Å². The Morgan fingerprint density at radius 3 is 0.877 bits per heavy atom. The first-order valence-electron chi connectivity index (χ1n) is 28.8. The summed E-state index contributed by atoms with van der Waals surface area (Å²) in [5, 5.41) is 0. The van der Waals surface area contributed by atoms with Gasteiger partial charge in [-0.2, -0.15) is 0 Å². The minimum atomic E-state index is -0.767. The second-order valence-corrected chi connectivity index (χ2v) is 19.6. The van der Waals surface area contributed by atoms with Crippen LogP contribution in [-0.4, -0.2) is 37.2 Å². The van der Waals surface area contributed by atoms with Crippen molar-refractivity contribution in [3.63, 3.8) is 0 Å². The Morgan fingerprint density at radius 1 is 0.308 bits per heavy atom. The van der Waals surface area contributed by atoms with Crippen LogP contribution in [0.1, 0.15) is 316 Å². The Labute approximate surface area is 404 Å². The summed E-state index contributed by atoms with van der Waals surface area (Å²) in [6.45, 7) is 6.60. The summed E-state index contributed by atoms with van der Waals surface area (Å²) in [5.74, 6) is -0.864. The molecule has 0 spiro atoms. The molecule has 1 unspecified atom stereocenters. The predicted octanol–water partition coefficient (Wildman–Crippen LogP) is 19.1. The number of unbranched alkanes of at least 4 members (excludes halogenated alkanes) is 38. The van der Waals surface area contributed by atoms with E-state index in [0.717, 1.165) is 64.2 Å². The summed E-state index contributed by atoms with van der Waals surface area (Å²) in [6, 6.07) is 0. The van der Waals surface area contributed by atoms with Gasteiger partial charge in [0.2, 0.25) is 0 Å². The van der Waals surface area contributed by atoms with Gasteiger partial charge in [-0.25, -0.2) is 0 Å². The van der Waals surface area contributed by atoms with Gasteiger partial charge in [0, 0.05) is 19.3 Å². The highest BCUT2D eigenvalue weighted by molar-refractivity contribution is 5.71. The monoisotopic (exact) mass is 915 g/mol. The summed E-state index contributed by atoms with van der Waals surface area (Å²) in [4.78, 5) is 37.9. The molecule has 0 aliphatic rings. The molecule has 0 saturated heterocycles. The molecule has 0 N–H and O–H groups in total. The molecule has 0 saturated carbocycles. The van der Waals surface area contributed by atoms with Gasteiger partial charge >= 0.3 is 17.9 Å². The number of ether oxygens (including phenoxy) is 3. The lowest BCUT2D eigenvalue weighted by Crippen LogP contribution is -2.30. The van der Waals surface area contributed by atoms with Crippen molar-refractivity contribution in [2.24, 2.45) is 0 Å². The minimum absolute atomic E-state index is 0.0684. The number of allylic oxidation sites excluding steroid dienone is 4. The molecule has 6 heteroatoms.